The van der Waals surface area contributed by atoms with E-state index >= 15 is 0 Å². The zero-order valence-electron chi connectivity index (χ0n) is 10.7. The molecule has 1 amide bonds. The summed E-state index contributed by atoms with van der Waals surface area (Å²) >= 11 is 0. The first kappa shape index (κ1) is 15.9. The second-order valence-electron chi connectivity index (χ2n) is 4.51. The second-order valence-corrected chi connectivity index (χ2v) is 4.51. The summed E-state index contributed by atoms with van der Waals surface area (Å²) in [5, 5.41) is 11.3. The maximum absolute atomic E-state index is 11.5. The van der Waals surface area contributed by atoms with Crippen LogP contribution in [0.4, 0.5) is 0 Å². The van der Waals surface area contributed by atoms with Gasteiger partial charge >= 0.3 is 5.97 Å². The van der Waals surface area contributed by atoms with Crippen LogP contribution in [0.3, 0.4) is 0 Å². The van der Waals surface area contributed by atoms with Gasteiger partial charge in [-0.05, 0) is 25.2 Å². The molecule has 0 rings (SSSR count). The van der Waals surface area contributed by atoms with Gasteiger partial charge < -0.3 is 16.2 Å². The molecule has 0 spiro atoms. The van der Waals surface area contributed by atoms with Crippen molar-refractivity contribution in [1.29, 1.82) is 0 Å². The highest BCUT2D eigenvalue weighted by Crippen LogP contribution is 2.09. The lowest BCUT2D eigenvalue weighted by molar-refractivity contribution is -0.137. The summed E-state index contributed by atoms with van der Waals surface area (Å²) < 4.78 is 0. The van der Waals surface area contributed by atoms with Gasteiger partial charge in [-0.2, -0.15) is 0 Å². The molecule has 2 atom stereocenters. The number of hydrogen-bond acceptors (Lipinski definition) is 3. The highest BCUT2D eigenvalue weighted by Gasteiger charge is 2.12. The number of hydrogen-bond donors (Lipinski definition) is 3. The van der Waals surface area contributed by atoms with Crippen molar-refractivity contribution >= 4 is 11.9 Å². The van der Waals surface area contributed by atoms with Crippen LogP contribution < -0.4 is 11.1 Å². The second kappa shape index (κ2) is 8.98. The van der Waals surface area contributed by atoms with Gasteiger partial charge in [0, 0.05) is 13.0 Å². The lowest BCUT2D eigenvalue weighted by atomic mass is 10.0. The summed E-state index contributed by atoms with van der Waals surface area (Å²) in [6.45, 7) is 4.54. The van der Waals surface area contributed by atoms with Crippen LogP contribution >= 0.6 is 0 Å². The predicted octanol–water partition coefficient (Wildman–Crippen LogP) is 1.12. The number of carboxylic acid groups (broad SMARTS) is 1. The number of amides is 1. The lowest BCUT2D eigenvalue weighted by Gasteiger charge is -2.13. The van der Waals surface area contributed by atoms with Crippen LogP contribution in [0.15, 0.2) is 0 Å². The van der Waals surface area contributed by atoms with Gasteiger partial charge in [0.05, 0.1) is 6.04 Å². The maximum atomic E-state index is 11.5. The third-order valence-electron chi connectivity index (χ3n) is 2.72. The molecule has 0 aromatic carbocycles. The van der Waals surface area contributed by atoms with Gasteiger partial charge in [-0.25, -0.2) is 0 Å². The van der Waals surface area contributed by atoms with Crippen molar-refractivity contribution < 1.29 is 14.7 Å². The topological polar surface area (TPSA) is 92.4 Å². The smallest absolute Gasteiger partial charge is 0.303 e. The van der Waals surface area contributed by atoms with Gasteiger partial charge in [-0.1, -0.05) is 20.3 Å². The molecule has 0 fully saturated rings. The largest absolute Gasteiger partial charge is 0.481 e. The van der Waals surface area contributed by atoms with E-state index in [0.29, 0.717) is 25.3 Å². The van der Waals surface area contributed by atoms with Gasteiger partial charge in [0.1, 0.15) is 0 Å². The number of carbonyl (C=O) groups is 2. The first-order valence-electron chi connectivity index (χ1n) is 6.22. The van der Waals surface area contributed by atoms with Gasteiger partial charge in [0.2, 0.25) is 5.91 Å². The van der Waals surface area contributed by atoms with Crippen molar-refractivity contribution in [1.82, 2.24) is 5.32 Å². The molecule has 5 heteroatoms. The molecule has 4 N–H and O–H groups in total. The summed E-state index contributed by atoms with van der Waals surface area (Å²) in [5.41, 5.74) is 5.65. The highest BCUT2D eigenvalue weighted by atomic mass is 16.4. The fraction of sp³-hybridized carbons (Fsp3) is 0.833. The number of carbonyl (C=O) groups excluding carboxylic acids is 1. The van der Waals surface area contributed by atoms with E-state index in [9.17, 15) is 9.59 Å². The average Bonchev–Trinajstić information content (AvgIpc) is 2.26. The molecule has 17 heavy (non-hydrogen) atoms. The van der Waals surface area contributed by atoms with Gasteiger partial charge in [0.15, 0.2) is 0 Å². The Hall–Kier alpha value is -1.10. The van der Waals surface area contributed by atoms with Crippen molar-refractivity contribution in [2.75, 3.05) is 6.54 Å². The van der Waals surface area contributed by atoms with Crippen LogP contribution in [0.25, 0.3) is 0 Å². The Morgan fingerprint density at radius 2 is 1.94 bits per heavy atom. The highest BCUT2D eigenvalue weighted by molar-refractivity contribution is 5.81. The molecule has 100 valence electrons. The van der Waals surface area contributed by atoms with Gasteiger partial charge in [0.25, 0.3) is 0 Å². The molecule has 0 heterocycles. The normalized spacial score (nSPS) is 14.1. The van der Waals surface area contributed by atoms with Crippen molar-refractivity contribution in [3.05, 3.63) is 0 Å². The summed E-state index contributed by atoms with van der Waals surface area (Å²) in [6.07, 6.45) is 3.21. The summed E-state index contributed by atoms with van der Waals surface area (Å²) in [5.74, 6) is -0.586. The Balaban J connectivity index is 3.61. The summed E-state index contributed by atoms with van der Waals surface area (Å²) in [6, 6.07) is -0.422. The fourth-order valence-corrected chi connectivity index (χ4v) is 1.53. The summed E-state index contributed by atoms with van der Waals surface area (Å²) in [7, 11) is 0. The van der Waals surface area contributed by atoms with Crippen molar-refractivity contribution in [3.8, 4) is 0 Å². The van der Waals surface area contributed by atoms with E-state index in [2.05, 4.69) is 5.32 Å². The van der Waals surface area contributed by atoms with E-state index in [4.69, 9.17) is 10.8 Å². The third-order valence-corrected chi connectivity index (χ3v) is 2.72. The molecule has 5 nitrogen and oxygen atoms in total. The third kappa shape index (κ3) is 8.68. The molecule has 0 saturated carbocycles. The van der Waals surface area contributed by atoms with Crippen LogP contribution in [0.2, 0.25) is 0 Å². The zero-order chi connectivity index (χ0) is 13.3. The van der Waals surface area contributed by atoms with E-state index in [0.717, 1.165) is 12.8 Å². The molecular formula is C12H24N2O3. The minimum atomic E-state index is -0.772. The Kier molecular flexibility index (Phi) is 8.40. The Labute approximate surface area is 103 Å². The Bertz CT molecular complexity index is 244. The summed E-state index contributed by atoms with van der Waals surface area (Å²) in [4.78, 5) is 21.8. The standard InChI is InChI=1S/C12H24N2O3/c1-3-4-10(13)12(17)14-8-7-9(2)5-6-11(15)16/h9-10H,3-8,13H2,1-2H3,(H,14,17)(H,15,16)/t9?,10-/m0/s1. The molecule has 0 bridgehead atoms. The SMILES string of the molecule is CCC[C@H](N)C(=O)NCCC(C)CCC(=O)O. The molecule has 0 aromatic heterocycles. The molecule has 0 aromatic rings. The van der Waals surface area contributed by atoms with Crippen molar-refractivity contribution in [2.45, 2.75) is 52.0 Å². The molecule has 1 unspecified atom stereocenters. The minimum Gasteiger partial charge on any atom is -0.481 e. The number of rotatable bonds is 9. The molecular weight excluding hydrogens is 220 g/mol. The predicted molar refractivity (Wildman–Crippen MR) is 66.5 cm³/mol. The van der Waals surface area contributed by atoms with Crippen LogP contribution in [0, 0.1) is 5.92 Å². The van der Waals surface area contributed by atoms with E-state index in [1.54, 1.807) is 0 Å². The van der Waals surface area contributed by atoms with Crippen molar-refractivity contribution in [2.24, 2.45) is 11.7 Å². The molecule has 0 aliphatic rings. The molecule has 0 saturated heterocycles. The first-order chi connectivity index (χ1) is 7.97. The monoisotopic (exact) mass is 244 g/mol. The number of nitrogens with one attached hydrogen (secondary N) is 1. The lowest BCUT2D eigenvalue weighted by Crippen LogP contribution is -2.41. The molecule has 0 radical (unpaired) electrons. The van der Waals surface area contributed by atoms with E-state index in [1.165, 1.54) is 0 Å². The number of aliphatic carboxylic acids is 1. The molecule has 0 aliphatic carbocycles. The van der Waals surface area contributed by atoms with Gasteiger partial charge in [-0.15, -0.1) is 0 Å². The number of carboxylic acids is 1. The maximum Gasteiger partial charge on any atom is 0.303 e. The van der Waals surface area contributed by atoms with Crippen LogP contribution in [-0.4, -0.2) is 29.6 Å². The van der Waals surface area contributed by atoms with E-state index in [-0.39, 0.29) is 12.3 Å². The van der Waals surface area contributed by atoms with Gasteiger partial charge in [-0.3, -0.25) is 9.59 Å². The number of nitrogens with two attached hydrogens (primary N) is 1. The van der Waals surface area contributed by atoms with Crippen LogP contribution in [0.5, 0.6) is 0 Å². The van der Waals surface area contributed by atoms with Crippen LogP contribution in [0.1, 0.15) is 46.0 Å². The molecule has 0 aliphatic heterocycles. The van der Waals surface area contributed by atoms with E-state index in [1.807, 2.05) is 13.8 Å². The average molecular weight is 244 g/mol. The quantitative estimate of drug-likeness (QED) is 0.566. The zero-order valence-corrected chi connectivity index (χ0v) is 10.7. The first-order valence-corrected chi connectivity index (χ1v) is 6.22. The fourth-order valence-electron chi connectivity index (χ4n) is 1.53. The van der Waals surface area contributed by atoms with Crippen LogP contribution in [-0.2, 0) is 9.59 Å². The minimum absolute atomic E-state index is 0.114. The van der Waals surface area contributed by atoms with Crippen molar-refractivity contribution in [3.63, 3.8) is 0 Å². The Morgan fingerprint density at radius 1 is 1.29 bits per heavy atom. The Morgan fingerprint density at radius 3 is 2.47 bits per heavy atom. The van der Waals surface area contributed by atoms with E-state index < -0.39 is 12.0 Å².